The molecule has 2 aromatic carbocycles. The summed E-state index contributed by atoms with van der Waals surface area (Å²) in [6, 6.07) is 13.6. The van der Waals surface area contributed by atoms with E-state index in [-0.39, 0.29) is 6.54 Å². The van der Waals surface area contributed by atoms with Crippen LogP contribution in [0.3, 0.4) is 0 Å². The van der Waals surface area contributed by atoms with E-state index in [4.69, 9.17) is 21.1 Å². The second kappa shape index (κ2) is 10.7. The van der Waals surface area contributed by atoms with Gasteiger partial charge in [0.1, 0.15) is 5.75 Å². The molecule has 9 heteroatoms. The fourth-order valence-corrected chi connectivity index (χ4v) is 2.60. The lowest BCUT2D eigenvalue weighted by Gasteiger charge is -2.14. The van der Waals surface area contributed by atoms with Crippen LogP contribution in [-0.2, 0) is 19.1 Å². The van der Waals surface area contributed by atoms with Crippen molar-refractivity contribution in [3.8, 4) is 5.75 Å². The number of benzene rings is 2. The van der Waals surface area contributed by atoms with E-state index in [0.717, 1.165) is 4.47 Å². The number of esters is 1. The van der Waals surface area contributed by atoms with Crippen LogP contribution in [0.4, 0.5) is 5.69 Å². The second-order valence-electron chi connectivity index (χ2n) is 5.63. The molecule has 1 atom stereocenters. The van der Waals surface area contributed by atoms with Gasteiger partial charge in [-0.1, -0.05) is 29.8 Å². The average molecular weight is 470 g/mol. The van der Waals surface area contributed by atoms with Crippen LogP contribution < -0.4 is 15.4 Å². The number of halogens is 2. The summed E-state index contributed by atoms with van der Waals surface area (Å²) in [5.74, 6) is -1.33. The van der Waals surface area contributed by atoms with Crippen molar-refractivity contribution in [3.05, 3.63) is 58.0 Å². The van der Waals surface area contributed by atoms with E-state index >= 15 is 0 Å². The van der Waals surface area contributed by atoms with Gasteiger partial charge in [0.15, 0.2) is 12.7 Å². The Bertz CT molecular complexity index is 862. The van der Waals surface area contributed by atoms with Gasteiger partial charge in [0.05, 0.1) is 12.2 Å². The number of hydrogen-bond acceptors (Lipinski definition) is 5. The molecule has 2 aromatic rings. The van der Waals surface area contributed by atoms with Crippen molar-refractivity contribution in [2.75, 3.05) is 18.5 Å². The minimum absolute atomic E-state index is 0.258. The molecule has 2 amide bonds. The maximum absolute atomic E-state index is 11.9. The lowest BCUT2D eigenvalue weighted by atomic mass is 10.3. The highest BCUT2D eigenvalue weighted by Gasteiger charge is 2.18. The van der Waals surface area contributed by atoms with Crippen molar-refractivity contribution in [1.82, 2.24) is 5.32 Å². The van der Waals surface area contributed by atoms with Crippen LogP contribution in [0, 0.1) is 0 Å². The van der Waals surface area contributed by atoms with Crippen LogP contribution in [0.1, 0.15) is 6.92 Å². The number of hydrogen-bond donors (Lipinski definition) is 2. The van der Waals surface area contributed by atoms with E-state index in [1.54, 1.807) is 42.5 Å². The standard InChI is InChI=1S/C19H18BrClN2O5/c1-12(28-14-6-4-5-13(21)9-14)19(26)27-11-18(25)22-10-17(24)23-16-8-3-2-7-15(16)20/h2-9,12H,10-11H2,1H3,(H,22,25)(H,23,24). The van der Waals surface area contributed by atoms with E-state index in [1.807, 2.05) is 6.07 Å². The topological polar surface area (TPSA) is 93.7 Å². The summed E-state index contributed by atoms with van der Waals surface area (Å²) < 4.78 is 11.0. The Labute approximate surface area is 175 Å². The summed E-state index contributed by atoms with van der Waals surface area (Å²) in [5.41, 5.74) is 0.583. The number of amides is 2. The summed E-state index contributed by atoms with van der Waals surface area (Å²) in [5, 5.41) is 5.48. The molecule has 0 heterocycles. The highest BCUT2D eigenvalue weighted by atomic mass is 79.9. The largest absolute Gasteiger partial charge is 0.479 e. The summed E-state index contributed by atoms with van der Waals surface area (Å²) in [6.45, 7) is 0.711. The summed E-state index contributed by atoms with van der Waals surface area (Å²) in [4.78, 5) is 35.5. The minimum Gasteiger partial charge on any atom is -0.479 e. The number of carbonyl (C=O) groups excluding carboxylic acids is 3. The van der Waals surface area contributed by atoms with E-state index in [2.05, 4.69) is 26.6 Å². The Hall–Kier alpha value is -2.58. The summed E-state index contributed by atoms with van der Waals surface area (Å²) in [6.07, 6.45) is -0.926. The number of ether oxygens (including phenoxy) is 2. The van der Waals surface area contributed by atoms with Crippen LogP contribution in [0.25, 0.3) is 0 Å². The number of carbonyl (C=O) groups is 3. The number of anilines is 1. The molecule has 1 unspecified atom stereocenters. The molecule has 2 N–H and O–H groups in total. The van der Waals surface area contributed by atoms with Gasteiger partial charge in [-0.25, -0.2) is 4.79 Å². The van der Waals surface area contributed by atoms with Gasteiger partial charge in [-0.15, -0.1) is 0 Å². The smallest absolute Gasteiger partial charge is 0.347 e. The third kappa shape index (κ3) is 7.21. The van der Waals surface area contributed by atoms with Gasteiger partial charge in [0.2, 0.25) is 5.91 Å². The lowest BCUT2D eigenvalue weighted by Crippen LogP contribution is -2.37. The number of para-hydroxylation sites is 1. The van der Waals surface area contributed by atoms with Gasteiger partial charge < -0.3 is 20.1 Å². The molecule has 7 nitrogen and oxygen atoms in total. The Morgan fingerprint density at radius 2 is 1.86 bits per heavy atom. The first-order valence-corrected chi connectivity index (χ1v) is 9.42. The highest BCUT2D eigenvalue weighted by Crippen LogP contribution is 2.21. The zero-order valence-corrected chi connectivity index (χ0v) is 17.2. The van der Waals surface area contributed by atoms with Crippen molar-refractivity contribution in [3.63, 3.8) is 0 Å². The molecule has 0 aromatic heterocycles. The highest BCUT2D eigenvalue weighted by molar-refractivity contribution is 9.10. The molecule has 0 fully saturated rings. The van der Waals surface area contributed by atoms with Crippen LogP contribution >= 0.6 is 27.5 Å². The second-order valence-corrected chi connectivity index (χ2v) is 6.92. The van der Waals surface area contributed by atoms with Crippen molar-refractivity contribution >= 4 is 51.0 Å². The quantitative estimate of drug-likeness (QED) is 0.579. The molecule has 28 heavy (non-hydrogen) atoms. The van der Waals surface area contributed by atoms with Gasteiger partial charge in [0.25, 0.3) is 5.91 Å². The van der Waals surface area contributed by atoms with Crippen molar-refractivity contribution in [1.29, 1.82) is 0 Å². The maximum Gasteiger partial charge on any atom is 0.347 e. The maximum atomic E-state index is 11.9. The predicted molar refractivity (Wildman–Crippen MR) is 108 cm³/mol. The van der Waals surface area contributed by atoms with Crippen molar-refractivity contribution < 1.29 is 23.9 Å². The first-order chi connectivity index (χ1) is 13.3. The molecule has 0 aliphatic carbocycles. The molecule has 0 bridgehead atoms. The Balaban J connectivity index is 1.70. The van der Waals surface area contributed by atoms with Gasteiger partial charge >= 0.3 is 5.97 Å². The molecule has 0 saturated heterocycles. The summed E-state index contributed by atoms with van der Waals surface area (Å²) in [7, 11) is 0. The van der Waals surface area contributed by atoms with E-state index in [9.17, 15) is 14.4 Å². The number of nitrogens with one attached hydrogen (secondary N) is 2. The van der Waals surface area contributed by atoms with Crippen molar-refractivity contribution in [2.24, 2.45) is 0 Å². The lowest BCUT2D eigenvalue weighted by molar-refractivity contribution is -0.154. The Kier molecular flexibility index (Phi) is 8.28. The molecule has 0 saturated carbocycles. The molecule has 0 aliphatic rings. The minimum atomic E-state index is -0.926. The molecule has 2 rings (SSSR count). The normalized spacial score (nSPS) is 11.2. The Morgan fingerprint density at radius 3 is 2.57 bits per heavy atom. The van der Waals surface area contributed by atoms with Crippen LogP contribution in [0.15, 0.2) is 53.0 Å². The van der Waals surface area contributed by atoms with Crippen LogP contribution in [0.5, 0.6) is 5.75 Å². The van der Waals surface area contributed by atoms with Gasteiger partial charge in [-0.05, 0) is 53.2 Å². The van der Waals surface area contributed by atoms with Gasteiger partial charge in [-0.3, -0.25) is 9.59 Å². The van der Waals surface area contributed by atoms with E-state index < -0.39 is 30.5 Å². The molecular weight excluding hydrogens is 452 g/mol. The van der Waals surface area contributed by atoms with Crippen LogP contribution in [-0.4, -0.2) is 37.0 Å². The van der Waals surface area contributed by atoms with Gasteiger partial charge in [0, 0.05) is 9.50 Å². The van der Waals surface area contributed by atoms with Gasteiger partial charge in [-0.2, -0.15) is 0 Å². The number of rotatable bonds is 8. The van der Waals surface area contributed by atoms with Crippen LogP contribution in [0.2, 0.25) is 5.02 Å². The monoisotopic (exact) mass is 468 g/mol. The molecule has 0 spiro atoms. The van der Waals surface area contributed by atoms with Crippen molar-refractivity contribution in [2.45, 2.75) is 13.0 Å². The predicted octanol–water partition coefficient (Wildman–Crippen LogP) is 3.17. The molecule has 148 valence electrons. The molecule has 0 radical (unpaired) electrons. The third-order valence-corrected chi connectivity index (χ3v) is 4.31. The van der Waals surface area contributed by atoms with E-state index in [1.165, 1.54) is 6.92 Å². The first-order valence-electron chi connectivity index (χ1n) is 8.25. The SMILES string of the molecule is CC(Oc1cccc(Cl)c1)C(=O)OCC(=O)NCC(=O)Nc1ccccc1Br. The fourth-order valence-electron chi connectivity index (χ4n) is 2.03. The summed E-state index contributed by atoms with van der Waals surface area (Å²) >= 11 is 9.15. The zero-order valence-electron chi connectivity index (χ0n) is 14.9. The molecule has 0 aliphatic heterocycles. The third-order valence-electron chi connectivity index (χ3n) is 3.38. The average Bonchev–Trinajstić information content (AvgIpc) is 2.66. The zero-order chi connectivity index (χ0) is 20.5. The van der Waals surface area contributed by atoms with E-state index in [0.29, 0.717) is 16.5 Å². The first kappa shape index (κ1) is 21.7. The Morgan fingerprint density at radius 1 is 1.11 bits per heavy atom. The fraction of sp³-hybridized carbons (Fsp3) is 0.211. The molecular formula is C19H18BrClN2O5.